The van der Waals surface area contributed by atoms with Crippen molar-refractivity contribution in [3.05, 3.63) is 58.1 Å². The van der Waals surface area contributed by atoms with Gasteiger partial charge in [-0.2, -0.15) is 0 Å². The second-order valence-electron chi connectivity index (χ2n) is 4.96. The Bertz CT molecular complexity index is 677. The van der Waals surface area contributed by atoms with Crippen LogP contribution in [0.5, 0.6) is 5.75 Å². The van der Waals surface area contributed by atoms with Gasteiger partial charge in [0.2, 0.25) is 0 Å². The zero-order chi connectivity index (χ0) is 16.8. The van der Waals surface area contributed by atoms with Gasteiger partial charge in [0, 0.05) is 29.6 Å². The molecule has 6 heteroatoms. The Labute approximate surface area is 150 Å². The molecule has 0 aliphatic rings. The molecule has 0 aliphatic carbocycles. The van der Waals surface area contributed by atoms with Gasteiger partial charge in [0.25, 0.3) is 5.91 Å². The fourth-order valence-electron chi connectivity index (χ4n) is 1.93. The third-order valence-electron chi connectivity index (χ3n) is 3.25. The van der Waals surface area contributed by atoms with E-state index in [1.807, 2.05) is 30.5 Å². The van der Waals surface area contributed by atoms with Gasteiger partial charge in [-0.1, -0.05) is 35.3 Å². The average molecular weight is 370 g/mol. The number of amides is 1. The van der Waals surface area contributed by atoms with E-state index in [1.165, 1.54) is 4.90 Å². The lowest BCUT2D eigenvalue weighted by molar-refractivity contribution is -0.132. The van der Waals surface area contributed by atoms with Crippen LogP contribution in [0.1, 0.15) is 5.56 Å². The zero-order valence-corrected chi connectivity index (χ0v) is 15.2. The van der Waals surface area contributed by atoms with E-state index >= 15 is 0 Å². The fraction of sp³-hybridized carbons (Fsp3) is 0.235. The van der Waals surface area contributed by atoms with Gasteiger partial charge in [-0.15, -0.1) is 11.8 Å². The van der Waals surface area contributed by atoms with Crippen molar-refractivity contribution in [2.75, 3.05) is 19.9 Å². The molecule has 3 nitrogen and oxygen atoms in total. The normalized spacial score (nSPS) is 10.4. The van der Waals surface area contributed by atoms with Gasteiger partial charge < -0.3 is 9.64 Å². The zero-order valence-electron chi connectivity index (χ0n) is 12.9. The number of likely N-dealkylation sites (N-methyl/N-ethyl adjacent to an activating group) is 1. The second kappa shape index (κ2) is 8.48. The Balaban J connectivity index is 1.90. The Morgan fingerprint density at radius 1 is 1.17 bits per heavy atom. The van der Waals surface area contributed by atoms with Crippen LogP contribution >= 0.6 is 35.0 Å². The van der Waals surface area contributed by atoms with Gasteiger partial charge in [0.05, 0.1) is 5.02 Å². The van der Waals surface area contributed by atoms with Crippen molar-refractivity contribution in [1.82, 2.24) is 4.90 Å². The Morgan fingerprint density at radius 2 is 1.87 bits per heavy atom. The summed E-state index contributed by atoms with van der Waals surface area (Å²) in [6.07, 6.45) is 2.03. The van der Waals surface area contributed by atoms with Crippen molar-refractivity contribution in [3.8, 4) is 5.75 Å². The molecule has 0 aliphatic heterocycles. The molecule has 0 saturated carbocycles. The molecule has 0 fully saturated rings. The molecule has 0 bridgehead atoms. The van der Waals surface area contributed by atoms with Crippen LogP contribution in [0.15, 0.2) is 47.4 Å². The lowest BCUT2D eigenvalue weighted by Crippen LogP contribution is -2.31. The summed E-state index contributed by atoms with van der Waals surface area (Å²) in [6.45, 7) is 0.444. The summed E-state index contributed by atoms with van der Waals surface area (Å²) in [6, 6.07) is 13.0. The molecule has 2 aromatic carbocycles. The molecule has 0 spiro atoms. The van der Waals surface area contributed by atoms with E-state index in [-0.39, 0.29) is 12.5 Å². The SMILES string of the molecule is CSc1ccc(CN(C)C(=O)COc2cc(Cl)ccc2Cl)cc1. The van der Waals surface area contributed by atoms with Crippen molar-refractivity contribution in [2.45, 2.75) is 11.4 Å². The Morgan fingerprint density at radius 3 is 2.52 bits per heavy atom. The van der Waals surface area contributed by atoms with Crippen LogP contribution in [0.3, 0.4) is 0 Å². The number of rotatable bonds is 6. The van der Waals surface area contributed by atoms with Crippen molar-refractivity contribution in [2.24, 2.45) is 0 Å². The van der Waals surface area contributed by atoms with E-state index in [4.69, 9.17) is 27.9 Å². The van der Waals surface area contributed by atoms with Gasteiger partial charge in [-0.05, 0) is 36.1 Å². The van der Waals surface area contributed by atoms with Crippen LogP contribution in [-0.4, -0.2) is 30.7 Å². The smallest absolute Gasteiger partial charge is 0.260 e. The molecular weight excluding hydrogens is 353 g/mol. The molecule has 0 heterocycles. The molecule has 0 N–H and O–H groups in total. The van der Waals surface area contributed by atoms with E-state index in [1.54, 1.807) is 41.9 Å². The minimum Gasteiger partial charge on any atom is -0.482 e. The lowest BCUT2D eigenvalue weighted by Gasteiger charge is -2.18. The predicted octanol–water partition coefficient (Wildman–Crippen LogP) is 4.75. The summed E-state index contributed by atoms with van der Waals surface area (Å²) in [7, 11) is 1.74. The number of carbonyl (C=O) groups is 1. The maximum absolute atomic E-state index is 12.2. The minimum absolute atomic E-state index is 0.0839. The summed E-state index contributed by atoms with van der Waals surface area (Å²) in [5.74, 6) is 0.278. The van der Waals surface area contributed by atoms with Gasteiger partial charge in [0.1, 0.15) is 5.75 Å². The van der Waals surface area contributed by atoms with E-state index in [0.29, 0.717) is 22.3 Å². The Hall–Kier alpha value is -1.36. The summed E-state index contributed by atoms with van der Waals surface area (Å²) >= 11 is 13.6. The first-order valence-electron chi connectivity index (χ1n) is 6.94. The van der Waals surface area contributed by atoms with Gasteiger partial charge >= 0.3 is 0 Å². The van der Waals surface area contributed by atoms with E-state index in [9.17, 15) is 4.79 Å². The van der Waals surface area contributed by atoms with Crippen LogP contribution < -0.4 is 4.74 Å². The van der Waals surface area contributed by atoms with Crippen molar-refractivity contribution >= 4 is 40.9 Å². The second-order valence-corrected chi connectivity index (χ2v) is 6.68. The highest BCUT2D eigenvalue weighted by Crippen LogP contribution is 2.27. The number of hydrogen-bond acceptors (Lipinski definition) is 3. The molecule has 2 aromatic rings. The highest BCUT2D eigenvalue weighted by atomic mass is 35.5. The van der Waals surface area contributed by atoms with Crippen LogP contribution in [0.4, 0.5) is 0 Å². The molecule has 0 saturated heterocycles. The number of nitrogens with zero attached hydrogens (tertiary/aromatic N) is 1. The standard InChI is InChI=1S/C17H17Cl2NO2S/c1-20(10-12-3-6-14(23-2)7-4-12)17(21)11-22-16-9-13(18)5-8-15(16)19/h3-9H,10-11H2,1-2H3. The predicted molar refractivity (Wildman–Crippen MR) is 96.7 cm³/mol. The number of hydrogen-bond donors (Lipinski definition) is 0. The van der Waals surface area contributed by atoms with Crippen molar-refractivity contribution in [1.29, 1.82) is 0 Å². The van der Waals surface area contributed by atoms with Crippen LogP contribution in [0.2, 0.25) is 10.0 Å². The molecule has 0 aromatic heterocycles. The fourth-order valence-corrected chi connectivity index (χ4v) is 2.67. The average Bonchev–Trinajstić information content (AvgIpc) is 2.56. The molecular formula is C17H17Cl2NO2S. The summed E-state index contributed by atoms with van der Waals surface area (Å²) < 4.78 is 5.46. The lowest BCUT2D eigenvalue weighted by atomic mass is 10.2. The number of ether oxygens (including phenoxy) is 1. The quantitative estimate of drug-likeness (QED) is 0.687. The number of halogens is 2. The largest absolute Gasteiger partial charge is 0.482 e. The van der Waals surface area contributed by atoms with Gasteiger partial charge in [-0.25, -0.2) is 0 Å². The number of benzene rings is 2. The molecule has 0 atom stereocenters. The first kappa shape index (κ1) is 18.0. The van der Waals surface area contributed by atoms with Crippen LogP contribution in [0.25, 0.3) is 0 Å². The molecule has 2 rings (SSSR count). The summed E-state index contributed by atoms with van der Waals surface area (Å²) in [5, 5.41) is 0.941. The number of carbonyl (C=O) groups excluding carboxylic acids is 1. The molecule has 0 radical (unpaired) electrons. The maximum Gasteiger partial charge on any atom is 0.260 e. The third-order valence-corrected chi connectivity index (χ3v) is 4.54. The molecule has 23 heavy (non-hydrogen) atoms. The van der Waals surface area contributed by atoms with Crippen LogP contribution in [0, 0.1) is 0 Å². The molecule has 0 unspecified atom stereocenters. The monoisotopic (exact) mass is 369 g/mol. The van der Waals surface area contributed by atoms with Crippen LogP contribution in [-0.2, 0) is 11.3 Å². The van der Waals surface area contributed by atoms with Crippen molar-refractivity contribution in [3.63, 3.8) is 0 Å². The first-order chi connectivity index (χ1) is 11.0. The van der Waals surface area contributed by atoms with E-state index < -0.39 is 0 Å². The summed E-state index contributed by atoms with van der Waals surface area (Å²) in [4.78, 5) is 15.0. The van der Waals surface area contributed by atoms with E-state index in [2.05, 4.69) is 0 Å². The first-order valence-corrected chi connectivity index (χ1v) is 8.92. The summed E-state index contributed by atoms with van der Waals surface area (Å²) in [5.41, 5.74) is 1.07. The third kappa shape index (κ3) is 5.34. The highest BCUT2D eigenvalue weighted by Gasteiger charge is 2.12. The molecule has 1 amide bonds. The van der Waals surface area contributed by atoms with Crippen molar-refractivity contribution < 1.29 is 9.53 Å². The highest BCUT2D eigenvalue weighted by molar-refractivity contribution is 7.98. The number of thioether (sulfide) groups is 1. The maximum atomic E-state index is 12.2. The topological polar surface area (TPSA) is 29.5 Å². The van der Waals surface area contributed by atoms with Gasteiger partial charge in [-0.3, -0.25) is 4.79 Å². The Kier molecular flexibility index (Phi) is 6.63. The van der Waals surface area contributed by atoms with E-state index in [0.717, 1.165) is 5.56 Å². The van der Waals surface area contributed by atoms with Gasteiger partial charge in [0.15, 0.2) is 6.61 Å². The minimum atomic E-state index is -0.130. The molecule has 122 valence electrons.